The van der Waals surface area contributed by atoms with Gasteiger partial charge < -0.3 is 5.11 Å². The average molecular weight is 301 g/mol. The van der Waals surface area contributed by atoms with E-state index < -0.39 is 28.0 Å². The third kappa shape index (κ3) is 2.85. The zero-order valence-electron chi connectivity index (χ0n) is 8.94. The van der Waals surface area contributed by atoms with Gasteiger partial charge in [-0.15, -0.1) is 10.2 Å². The van der Waals surface area contributed by atoms with Crippen LogP contribution in [0.2, 0.25) is 0 Å². The van der Waals surface area contributed by atoms with E-state index in [9.17, 15) is 19.3 Å². The number of aromatic nitrogens is 2. The van der Waals surface area contributed by atoms with Crippen LogP contribution in [0.4, 0.5) is 10.1 Å². The number of benzene rings is 1. The highest BCUT2D eigenvalue weighted by Gasteiger charge is 2.23. The summed E-state index contributed by atoms with van der Waals surface area (Å²) in [5.41, 5.74) is 0.197. The van der Waals surface area contributed by atoms with Gasteiger partial charge in [-0.2, -0.15) is 0 Å². The second kappa shape index (κ2) is 5.28. The molecule has 1 aromatic heterocycles. The molecule has 0 aliphatic carbocycles. The lowest BCUT2D eigenvalue weighted by Crippen LogP contribution is -2.03. The SMILES string of the molecule is O=C(O)c1cc([N+](=O)[O-])c(Sc2nncs2)cc1F. The Morgan fingerprint density at radius 3 is 2.79 bits per heavy atom. The van der Waals surface area contributed by atoms with Gasteiger partial charge >= 0.3 is 5.97 Å². The molecule has 98 valence electrons. The maximum absolute atomic E-state index is 13.5. The second-order valence-electron chi connectivity index (χ2n) is 3.17. The minimum Gasteiger partial charge on any atom is -0.478 e. The van der Waals surface area contributed by atoms with Gasteiger partial charge in [-0.1, -0.05) is 11.3 Å². The van der Waals surface area contributed by atoms with Gasteiger partial charge in [0.05, 0.1) is 9.82 Å². The highest BCUT2D eigenvalue weighted by molar-refractivity contribution is 8.01. The van der Waals surface area contributed by atoms with Crippen LogP contribution < -0.4 is 0 Å². The highest BCUT2D eigenvalue weighted by atomic mass is 32.2. The average Bonchev–Trinajstić information content (AvgIpc) is 2.81. The molecule has 0 aliphatic heterocycles. The summed E-state index contributed by atoms with van der Waals surface area (Å²) in [4.78, 5) is 20.8. The van der Waals surface area contributed by atoms with Crippen molar-refractivity contribution >= 4 is 34.8 Å². The normalized spacial score (nSPS) is 10.4. The molecule has 1 aromatic carbocycles. The predicted molar refractivity (Wildman–Crippen MR) is 64.0 cm³/mol. The molecule has 19 heavy (non-hydrogen) atoms. The summed E-state index contributed by atoms with van der Waals surface area (Å²) >= 11 is 1.99. The van der Waals surface area contributed by atoms with Crippen molar-refractivity contribution in [2.24, 2.45) is 0 Å². The van der Waals surface area contributed by atoms with Crippen molar-refractivity contribution in [1.29, 1.82) is 0 Å². The molecule has 0 fully saturated rings. The minimum absolute atomic E-state index is 0.0238. The molecule has 10 heteroatoms. The Morgan fingerprint density at radius 2 is 2.26 bits per heavy atom. The van der Waals surface area contributed by atoms with Gasteiger partial charge in [0, 0.05) is 6.07 Å². The molecule has 0 atom stereocenters. The van der Waals surface area contributed by atoms with E-state index in [-0.39, 0.29) is 4.90 Å². The van der Waals surface area contributed by atoms with Gasteiger partial charge in [-0.3, -0.25) is 10.1 Å². The first kappa shape index (κ1) is 13.4. The fraction of sp³-hybridized carbons (Fsp3) is 0. The van der Waals surface area contributed by atoms with Gasteiger partial charge in [-0.25, -0.2) is 9.18 Å². The number of aromatic carboxylic acids is 1. The van der Waals surface area contributed by atoms with Gasteiger partial charge in [-0.05, 0) is 17.8 Å². The molecule has 2 aromatic rings. The number of nitrogens with zero attached hydrogens (tertiary/aromatic N) is 3. The Labute approximate surface area is 113 Å². The van der Waals surface area contributed by atoms with Crippen LogP contribution in [0.15, 0.2) is 26.9 Å². The predicted octanol–water partition coefficient (Wildman–Crippen LogP) is 2.43. The summed E-state index contributed by atoms with van der Waals surface area (Å²) in [5, 5.41) is 26.8. The Kier molecular flexibility index (Phi) is 3.71. The summed E-state index contributed by atoms with van der Waals surface area (Å²) < 4.78 is 13.9. The molecule has 1 N–H and O–H groups in total. The van der Waals surface area contributed by atoms with E-state index in [4.69, 9.17) is 5.11 Å². The number of rotatable bonds is 4. The van der Waals surface area contributed by atoms with Crippen molar-refractivity contribution in [2.45, 2.75) is 9.24 Å². The maximum Gasteiger partial charge on any atom is 0.338 e. The van der Waals surface area contributed by atoms with E-state index in [2.05, 4.69) is 10.2 Å². The number of nitro benzene ring substituents is 1. The molecule has 1 heterocycles. The summed E-state index contributed by atoms with van der Waals surface area (Å²) in [6.07, 6.45) is 0. The Balaban J connectivity index is 2.50. The van der Waals surface area contributed by atoms with Crippen LogP contribution >= 0.6 is 23.1 Å². The maximum atomic E-state index is 13.5. The summed E-state index contributed by atoms with van der Waals surface area (Å²) in [6, 6.07) is 1.51. The molecule has 0 spiro atoms. The van der Waals surface area contributed by atoms with E-state index in [1.54, 1.807) is 0 Å². The first-order valence-electron chi connectivity index (χ1n) is 4.64. The number of carboxylic acids is 1. The van der Waals surface area contributed by atoms with E-state index in [1.165, 1.54) is 5.51 Å². The fourth-order valence-electron chi connectivity index (χ4n) is 1.23. The zero-order valence-corrected chi connectivity index (χ0v) is 10.6. The number of hydrogen-bond acceptors (Lipinski definition) is 7. The van der Waals surface area contributed by atoms with Crippen molar-refractivity contribution in [3.05, 3.63) is 39.1 Å². The number of carbonyl (C=O) groups is 1. The van der Waals surface area contributed by atoms with Gasteiger partial charge in [0.15, 0.2) is 4.34 Å². The minimum atomic E-state index is -1.56. The van der Waals surface area contributed by atoms with E-state index >= 15 is 0 Å². The Bertz CT molecular complexity index is 647. The number of nitro groups is 1. The first-order chi connectivity index (χ1) is 8.99. The summed E-state index contributed by atoms with van der Waals surface area (Å²) in [7, 11) is 0. The lowest BCUT2D eigenvalue weighted by atomic mass is 10.2. The zero-order chi connectivity index (χ0) is 14.0. The van der Waals surface area contributed by atoms with Crippen LogP contribution in [0.5, 0.6) is 0 Å². The van der Waals surface area contributed by atoms with Crippen LogP contribution in [0.1, 0.15) is 10.4 Å². The number of carboxylic acid groups (broad SMARTS) is 1. The smallest absolute Gasteiger partial charge is 0.338 e. The molecular weight excluding hydrogens is 297 g/mol. The summed E-state index contributed by atoms with van der Waals surface area (Å²) in [5.74, 6) is -2.60. The summed E-state index contributed by atoms with van der Waals surface area (Å²) in [6.45, 7) is 0. The van der Waals surface area contributed by atoms with Gasteiger partial charge in [0.1, 0.15) is 16.9 Å². The van der Waals surface area contributed by atoms with E-state index in [1.807, 2.05) is 0 Å². The number of halogens is 1. The highest BCUT2D eigenvalue weighted by Crippen LogP contribution is 2.36. The van der Waals surface area contributed by atoms with Crippen LogP contribution in [0.3, 0.4) is 0 Å². The monoisotopic (exact) mass is 301 g/mol. The van der Waals surface area contributed by atoms with Gasteiger partial charge in [0.2, 0.25) is 0 Å². The van der Waals surface area contributed by atoms with Crippen molar-refractivity contribution in [1.82, 2.24) is 10.2 Å². The fourth-order valence-corrected chi connectivity index (χ4v) is 2.78. The van der Waals surface area contributed by atoms with E-state index in [0.29, 0.717) is 10.4 Å². The van der Waals surface area contributed by atoms with Crippen molar-refractivity contribution < 1.29 is 19.2 Å². The molecule has 0 aliphatic rings. The molecule has 0 bridgehead atoms. The molecule has 7 nitrogen and oxygen atoms in total. The standard InChI is InChI=1S/C9H4FN3O4S2/c10-5-2-7(19-9-12-11-3-18-9)6(13(16)17)1-4(5)8(14)15/h1-3H,(H,14,15). The molecular formula is C9H4FN3O4S2. The van der Waals surface area contributed by atoms with Crippen LogP contribution in [0, 0.1) is 15.9 Å². The number of hydrogen-bond donors (Lipinski definition) is 1. The molecule has 0 radical (unpaired) electrons. The van der Waals surface area contributed by atoms with Gasteiger partial charge in [0.25, 0.3) is 5.69 Å². The van der Waals surface area contributed by atoms with Crippen LogP contribution in [0.25, 0.3) is 0 Å². The van der Waals surface area contributed by atoms with Crippen molar-refractivity contribution in [2.75, 3.05) is 0 Å². The van der Waals surface area contributed by atoms with Crippen LogP contribution in [-0.4, -0.2) is 26.2 Å². The third-order valence-electron chi connectivity index (χ3n) is 2.01. The molecule has 2 rings (SSSR count). The quantitative estimate of drug-likeness (QED) is 0.682. The van der Waals surface area contributed by atoms with E-state index in [0.717, 1.165) is 29.2 Å². The first-order valence-corrected chi connectivity index (χ1v) is 6.34. The topological polar surface area (TPSA) is 106 Å². The third-order valence-corrected chi connectivity index (χ3v) is 3.84. The second-order valence-corrected chi connectivity index (χ2v) is 5.29. The lowest BCUT2D eigenvalue weighted by Gasteiger charge is -2.03. The van der Waals surface area contributed by atoms with Crippen molar-refractivity contribution in [3.63, 3.8) is 0 Å². The molecule has 0 saturated heterocycles. The molecule has 0 unspecified atom stereocenters. The molecule has 0 saturated carbocycles. The Hall–Kier alpha value is -2.07. The molecule has 0 amide bonds. The van der Waals surface area contributed by atoms with Crippen LogP contribution in [-0.2, 0) is 0 Å². The Morgan fingerprint density at radius 1 is 1.53 bits per heavy atom. The van der Waals surface area contributed by atoms with Crippen molar-refractivity contribution in [3.8, 4) is 0 Å². The lowest BCUT2D eigenvalue weighted by molar-refractivity contribution is -0.387. The largest absolute Gasteiger partial charge is 0.478 e.